The molecule has 0 unspecified atom stereocenters. The normalized spacial score (nSPS) is 10.4. The molecule has 0 radical (unpaired) electrons. The fourth-order valence-electron chi connectivity index (χ4n) is 0.938. The zero-order chi connectivity index (χ0) is 10.4. The van der Waals surface area contributed by atoms with Gasteiger partial charge in [-0.25, -0.2) is 0 Å². The molecule has 1 aromatic carbocycles. The highest BCUT2D eigenvalue weighted by molar-refractivity contribution is 9.10. The number of carbonyl (C=O) groups is 1. The summed E-state index contributed by atoms with van der Waals surface area (Å²) in [4.78, 5) is 10.7. The molecule has 0 atom stereocenters. The second-order valence-electron chi connectivity index (χ2n) is 2.45. The number of benzene rings is 1. The predicted molar refractivity (Wildman–Crippen MR) is 60.0 cm³/mol. The van der Waals surface area contributed by atoms with Crippen LogP contribution in [0.15, 0.2) is 34.3 Å². The van der Waals surface area contributed by atoms with Gasteiger partial charge in [0.1, 0.15) is 12.4 Å². The zero-order valence-corrected chi connectivity index (χ0v) is 9.59. The molecule has 1 rings (SSSR count). The van der Waals surface area contributed by atoms with Gasteiger partial charge in [-0.3, -0.25) is 4.79 Å². The third-order valence-electron chi connectivity index (χ3n) is 1.54. The van der Waals surface area contributed by atoms with Crippen molar-refractivity contribution in [3.8, 4) is 5.75 Å². The van der Waals surface area contributed by atoms with Crippen molar-refractivity contribution in [1.29, 1.82) is 0 Å². The van der Waals surface area contributed by atoms with Gasteiger partial charge >= 0.3 is 0 Å². The first-order valence-electron chi connectivity index (χ1n) is 3.91. The van der Waals surface area contributed by atoms with Crippen molar-refractivity contribution in [2.24, 2.45) is 0 Å². The van der Waals surface area contributed by atoms with Gasteiger partial charge in [0.15, 0.2) is 6.29 Å². The first-order chi connectivity index (χ1) is 6.79. The minimum atomic E-state index is 0.340. The predicted octanol–water partition coefficient (Wildman–Crippen LogP) is 3.39. The summed E-state index contributed by atoms with van der Waals surface area (Å²) < 4.78 is 6.10. The number of aldehydes is 1. The van der Waals surface area contributed by atoms with Gasteiger partial charge < -0.3 is 4.74 Å². The molecular formula is C10H8BrClO2. The Bertz CT molecular complexity index is 350. The number of para-hydroxylation sites is 1. The van der Waals surface area contributed by atoms with Gasteiger partial charge in [0.05, 0.1) is 10.0 Å². The van der Waals surface area contributed by atoms with E-state index >= 15 is 0 Å². The summed E-state index contributed by atoms with van der Waals surface area (Å²) in [5, 5.41) is 0. The highest BCUT2D eigenvalue weighted by Crippen LogP contribution is 2.27. The van der Waals surface area contributed by atoms with Crippen LogP contribution in [0.3, 0.4) is 0 Å². The SMILES string of the molecule is O=Cc1cccc(Br)c1OCC=CCl. The standard InChI is InChI=1S/C10H8BrClO2/c11-9-4-1-3-8(7-13)10(9)14-6-2-5-12/h1-5,7H,6H2. The topological polar surface area (TPSA) is 26.3 Å². The molecule has 2 nitrogen and oxygen atoms in total. The Kier molecular flexibility index (Phi) is 4.70. The molecule has 0 aromatic heterocycles. The smallest absolute Gasteiger partial charge is 0.153 e. The van der Waals surface area contributed by atoms with E-state index < -0.39 is 0 Å². The molecule has 0 saturated carbocycles. The van der Waals surface area contributed by atoms with Crippen LogP contribution in [0.5, 0.6) is 5.75 Å². The van der Waals surface area contributed by atoms with Crippen molar-refractivity contribution in [1.82, 2.24) is 0 Å². The molecule has 0 spiro atoms. The Hall–Kier alpha value is -0.800. The summed E-state index contributed by atoms with van der Waals surface area (Å²) in [5.41, 5.74) is 1.89. The molecule has 0 aliphatic carbocycles. The highest BCUT2D eigenvalue weighted by Gasteiger charge is 2.05. The second kappa shape index (κ2) is 5.83. The second-order valence-corrected chi connectivity index (χ2v) is 3.56. The van der Waals surface area contributed by atoms with E-state index in [9.17, 15) is 4.79 Å². The zero-order valence-electron chi connectivity index (χ0n) is 7.24. The first kappa shape index (κ1) is 11.3. The summed E-state index contributed by atoms with van der Waals surface area (Å²) in [5.74, 6) is 0.539. The quantitative estimate of drug-likeness (QED) is 0.787. The van der Waals surface area contributed by atoms with Crippen LogP contribution in [-0.4, -0.2) is 12.9 Å². The molecular weight excluding hydrogens is 267 g/mol. The number of rotatable bonds is 4. The molecule has 0 amide bonds. The van der Waals surface area contributed by atoms with Crippen molar-refractivity contribution >= 4 is 33.8 Å². The van der Waals surface area contributed by atoms with Crippen LogP contribution in [0.4, 0.5) is 0 Å². The van der Waals surface area contributed by atoms with E-state index in [1.165, 1.54) is 5.54 Å². The monoisotopic (exact) mass is 274 g/mol. The lowest BCUT2D eigenvalue weighted by Gasteiger charge is -2.07. The maximum Gasteiger partial charge on any atom is 0.153 e. The number of hydrogen-bond donors (Lipinski definition) is 0. The molecule has 0 saturated heterocycles. The Morgan fingerprint density at radius 2 is 2.29 bits per heavy atom. The third-order valence-corrected chi connectivity index (χ3v) is 2.34. The van der Waals surface area contributed by atoms with Gasteiger partial charge in [-0.1, -0.05) is 17.7 Å². The fourth-order valence-corrected chi connectivity index (χ4v) is 1.51. The lowest BCUT2D eigenvalue weighted by molar-refractivity contribution is 0.112. The molecule has 0 fully saturated rings. The number of halogens is 2. The summed E-state index contributed by atoms with van der Waals surface area (Å²) in [6, 6.07) is 5.28. The van der Waals surface area contributed by atoms with Gasteiger partial charge in [0.25, 0.3) is 0 Å². The van der Waals surface area contributed by atoms with Crippen molar-refractivity contribution in [2.45, 2.75) is 0 Å². The minimum absolute atomic E-state index is 0.340. The largest absolute Gasteiger partial charge is 0.488 e. The third kappa shape index (κ3) is 2.86. The van der Waals surface area contributed by atoms with E-state index in [1.54, 1.807) is 18.2 Å². The van der Waals surface area contributed by atoms with Gasteiger partial charge in [-0.15, -0.1) is 0 Å². The molecule has 0 aliphatic heterocycles. The van der Waals surface area contributed by atoms with Gasteiger partial charge in [-0.05, 0) is 34.1 Å². The Morgan fingerprint density at radius 3 is 2.93 bits per heavy atom. The van der Waals surface area contributed by atoms with E-state index in [0.29, 0.717) is 17.9 Å². The van der Waals surface area contributed by atoms with E-state index in [0.717, 1.165) is 10.8 Å². The van der Waals surface area contributed by atoms with Crippen LogP contribution in [-0.2, 0) is 0 Å². The van der Waals surface area contributed by atoms with E-state index in [4.69, 9.17) is 16.3 Å². The van der Waals surface area contributed by atoms with Crippen molar-refractivity contribution < 1.29 is 9.53 Å². The van der Waals surface area contributed by atoms with Crippen LogP contribution in [0.1, 0.15) is 10.4 Å². The molecule has 1 aromatic rings. The average molecular weight is 276 g/mol. The summed E-state index contributed by atoms with van der Waals surface area (Å²) >= 11 is 8.64. The van der Waals surface area contributed by atoms with E-state index in [-0.39, 0.29) is 0 Å². The first-order valence-corrected chi connectivity index (χ1v) is 5.14. The molecule has 0 aliphatic rings. The Balaban J connectivity index is 2.87. The van der Waals surface area contributed by atoms with Crippen LogP contribution in [0.2, 0.25) is 0 Å². The summed E-state index contributed by atoms with van der Waals surface area (Å²) in [7, 11) is 0. The molecule has 14 heavy (non-hydrogen) atoms. The summed E-state index contributed by atoms with van der Waals surface area (Å²) in [6.07, 6.45) is 2.40. The van der Waals surface area contributed by atoms with Crippen LogP contribution < -0.4 is 4.74 Å². The lowest BCUT2D eigenvalue weighted by Crippen LogP contribution is -1.97. The molecule has 0 bridgehead atoms. The highest BCUT2D eigenvalue weighted by atomic mass is 79.9. The number of hydrogen-bond acceptors (Lipinski definition) is 2. The van der Waals surface area contributed by atoms with Crippen LogP contribution in [0.25, 0.3) is 0 Å². The molecule has 4 heteroatoms. The maximum absolute atomic E-state index is 10.7. The van der Waals surface area contributed by atoms with Crippen molar-refractivity contribution in [3.05, 3.63) is 39.8 Å². The molecule has 0 N–H and O–H groups in total. The van der Waals surface area contributed by atoms with Crippen molar-refractivity contribution in [2.75, 3.05) is 6.61 Å². The lowest BCUT2D eigenvalue weighted by atomic mass is 10.2. The van der Waals surface area contributed by atoms with Crippen LogP contribution in [0, 0.1) is 0 Å². The minimum Gasteiger partial charge on any atom is -0.488 e. The number of carbonyl (C=O) groups excluding carboxylic acids is 1. The molecule has 74 valence electrons. The fraction of sp³-hybridized carbons (Fsp3) is 0.100. The van der Waals surface area contributed by atoms with E-state index in [2.05, 4.69) is 15.9 Å². The number of ether oxygens (including phenoxy) is 1. The van der Waals surface area contributed by atoms with E-state index in [1.807, 2.05) is 6.07 Å². The molecule has 0 heterocycles. The maximum atomic E-state index is 10.7. The average Bonchev–Trinajstić information content (AvgIpc) is 2.20. The van der Waals surface area contributed by atoms with Crippen LogP contribution >= 0.6 is 27.5 Å². The van der Waals surface area contributed by atoms with Gasteiger partial charge in [-0.2, -0.15) is 0 Å². The summed E-state index contributed by atoms with van der Waals surface area (Å²) in [6.45, 7) is 0.340. The van der Waals surface area contributed by atoms with Crippen molar-refractivity contribution in [3.63, 3.8) is 0 Å². The Morgan fingerprint density at radius 1 is 1.50 bits per heavy atom. The van der Waals surface area contributed by atoms with Gasteiger partial charge in [0.2, 0.25) is 0 Å². The Labute approximate surface area is 95.6 Å². The van der Waals surface area contributed by atoms with Gasteiger partial charge in [0, 0.05) is 5.54 Å².